The highest BCUT2D eigenvalue weighted by Gasteiger charge is 2.42. The highest BCUT2D eigenvalue weighted by Crippen LogP contribution is 2.49. The van der Waals surface area contributed by atoms with Crippen molar-refractivity contribution < 1.29 is 23.2 Å². The van der Waals surface area contributed by atoms with Gasteiger partial charge < -0.3 is 19.3 Å². The predicted octanol–water partition coefficient (Wildman–Crippen LogP) is 5.10. The lowest BCUT2D eigenvalue weighted by Gasteiger charge is -2.34. The minimum absolute atomic E-state index is 0.0157. The smallest absolute Gasteiger partial charge is 0.233 e. The van der Waals surface area contributed by atoms with Crippen molar-refractivity contribution in [1.29, 1.82) is 0 Å². The maximum Gasteiger partial charge on any atom is 0.233 e. The molecule has 0 radical (unpaired) electrons. The van der Waals surface area contributed by atoms with Crippen molar-refractivity contribution >= 4 is 11.7 Å². The van der Waals surface area contributed by atoms with E-state index < -0.39 is 5.92 Å². The SMILES string of the molecule is COc1ccc([C@H]2CC(=O)C3=C(C2)Nc2onc(C)c2[C@H]3c2ccccc2F)cc1OC. The average Bonchev–Trinajstić information content (AvgIpc) is 3.17. The van der Waals surface area contributed by atoms with Crippen molar-refractivity contribution in [3.05, 3.63) is 81.9 Å². The normalized spacial score (nSPS) is 19.8. The van der Waals surface area contributed by atoms with Gasteiger partial charge in [-0.25, -0.2) is 4.39 Å². The fraction of sp³-hybridized carbons (Fsp3) is 0.280. The third-order valence-corrected chi connectivity index (χ3v) is 6.35. The predicted molar refractivity (Wildman–Crippen MR) is 117 cm³/mol. The summed E-state index contributed by atoms with van der Waals surface area (Å²) < 4.78 is 31.1. The number of ketones is 1. The van der Waals surface area contributed by atoms with Gasteiger partial charge in [0.05, 0.1) is 25.5 Å². The van der Waals surface area contributed by atoms with Gasteiger partial charge in [0.2, 0.25) is 5.88 Å². The quantitative estimate of drug-likeness (QED) is 0.616. The fourth-order valence-electron chi connectivity index (χ4n) is 4.84. The maximum absolute atomic E-state index is 14.9. The summed E-state index contributed by atoms with van der Waals surface area (Å²) in [6.07, 6.45) is 0.904. The van der Waals surface area contributed by atoms with E-state index in [1.54, 1.807) is 32.4 Å². The second-order valence-corrected chi connectivity index (χ2v) is 8.13. The maximum atomic E-state index is 14.9. The van der Waals surface area contributed by atoms with Crippen LogP contribution < -0.4 is 14.8 Å². The van der Waals surface area contributed by atoms with E-state index in [2.05, 4.69) is 10.5 Å². The number of carbonyl (C=O) groups excluding carboxylic acids is 1. The van der Waals surface area contributed by atoms with E-state index in [0.717, 1.165) is 11.3 Å². The third kappa shape index (κ3) is 3.16. The molecule has 32 heavy (non-hydrogen) atoms. The van der Waals surface area contributed by atoms with E-state index >= 15 is 0 Å². The van der Waals surface area contributed by atoms with Gasteiger partial charge in [0, 0.05) is 29.2 Å². The van der Waals surface area contributed by atoms with E-state index in [9.17, 15) is 9.18 Å². The molecule has 1 aliphatic heterocycles. The van der Waals surface area contributed by atoms with Crippen LogP contribution >= 0.6 is 0 Å². The van der Waals surface area contributed by atoms with Crippen molar-refractivity contribution in [3.8, 4) is 11.5 Å². The number of fused-ring (bicyclic) bond motifs is 1. The van der Waals surface area contributed by atoms with Gasteiger partial charge >= 0.3 is 0 Å². The fourth-order valence-corrected chi connectivity index (χ4v) is 4.84. The molecule has 2 aromatic carbocycles. The molecule has 2 aliphatic rings. The van der Waals surface area contributed by atoms with Crippen molar-refractivity contribution in [2.45, 2.75) is 31.6 Å². The zero-order chi connectivity index (χ0) is 22.4. The van der Waals surface area contributed by atoms with Crippen molar-refractivity contribution in [1.82, 2.24) is 5.16 Å². The molecule has 1 aliphatic carbocycles. The second-order valence-electron chi connectivity index (χ2n) is 8.13. The van der Waals surface area contributed by atoms with E-state index in [-0.39, 0.29) is 17.5 Å². The van der Waals surface area contributed by atoms with Crippen LogP contribution in [-0.2, 0) is 4.79 Å². The molecule has 5 rings (SSSR count). The molecule has 7 heteroatoms. The lowest BCUT2D eigenvalue weighted by molar-refractivity contribution is -0.116. The number of hydrogen-bond donors (Lipinski definition) is 1. The number of halogens is 1. The molecule has 0 spiro atoms. The number of methoxy groups -OCH3 is 2. The average molecular weight is 434 g/mol. The number of nitrogens with zero attached hydrogens (tertiary/aromatic N) is 1. The Morgan fingerprint density at radius 3 is 2.62 bits per heavy atom. The zero-order valence-corrected chi connectivity index (χ0v) is 18.1. The molecule has 0 saturated heterocycles. The number of carbonyl (C=O) groups is 1. The Bertz CT molecular complexity index is 1250. The lowest BCUT2D eigenvalue weighted by Crippen LogP contribution is -2.30. The molecule has 0 saturated carbocycles. The van der Waals surface area contributed by atoms with Crippen molar-refractivity contribution in [2.75, 3.05) is 19.5 Å². The Morgan fingerprint density at radius 1 is 1.09 bits per heavy atom. The van der Waals surface area contributed by atoms with Gasteiger partial charge in [0.25, 0.3) is 0 Å². The Labute approximate surface area is 185 Å². The molecule has 164 valence electrons. The Morgan fingerprint density at radius 2 is 1.88 bits per heavy atom. The molecule has 0 fully saturated rings. The molecule has 0 unspecified atom stereocenters. The largest absolute Gasteiger partial charge is 0.493 e. The minimum Gasteiger partial charge on any atom is -0.493 e. The molecule has 3 aromatic rings. The summed E-state index contributed by atoms with van der Waals surface area (Å²) in [6.45, 7) is 1.81. The zero-order valence-electron chi connectivity index (χ0n) is 18.1. The molecular weight excluding hydrogens is 411 g/mol. The summed E-state index contributed by atoms with van der Waals surface area (Å²) in [5.74, 6) is 0.746. The van der Waals surface area contributed by atoms with Crippen LogP contribution in [-0.4, -0.2) is 25.2 Å². The van der Waals surface area contributed by atoms with Crippen LogP contribution in [0.1, 0.15) is 47.1 Å². The summed E-state index contributed by atoms with van der Waals surface area (Å²) in [5.41, 5.74) is 4.12. The van der Waals surface area contributed by atoms with E-state index in [0.29, 0.717) is 52.6 Å². The molecular formula is C25H23FN2O4. The number of nitrogens with one attached hydrogen (secondary N) is 1. The number of aryl methyl sites for hydroxylation is 1. The van der Waals surface area contributed by atoms with Gasteiger partial charge in [-0.2, -0.15) is 0 Å². The standard InChI is InChI=1S/C25H23FN2O4/c1-13-22-23(16-6-4-5-7-17(16)26)24-18(27-25(22)32-28-13)10-15(11-19(24)29)14-8-9-20(30-2)21(12-14)31-3/h4-9,12,15,23,27H,10-11H2,1-3H3/t15-,23-/m1/s1. The number of allylic oxidation sites excluding steroid dienone is 2. The van der Waals surface area contributed by atoms with Crippen LogP contribution in [0.2, 0.25) is 0 Å². The van der Waals surface area contributed by atoms with Gasteiger partial charge in [0.15, 0.2) is 17.3 Å². The molecule has 0 amide bonds. The first-order valence-electron chi connectivity index (χ1n) is 10.5. The summed E-state index contributed by atoms with van der Waals surface area (Å²) in [5, 5.41) is 7.35. The molecule has 2 atom stereocenters. The van der Waals surface area contributed by atoms with Crippen LogP contribution in [0.4, 0.5) is 10.3 Å². The van der Waals surface area contributed by atoms with Gasteiger partial charge in [0.1, 0.15) is 5.82 Å². The lowest BCUT2D eigenvalue weighted by atomic mass is 9.72. The first-order chi connectivity index (χ1) is 15.5. The summed E-state index contributed by atoms with van der Waals surface area (Å²) in [7, 11) is 3.17. The third-order valence-electron chi connectivity index (χ3n) is 6.35. The monoisotopic (exact) mass is 434 g/mol. The Kier molecular flexibility index (Phi) is 4.96. The van der Waals surface area contributed by atoms with E-state index in [1.807, 2.05) is 25.1 Å². The van der Waals surface area contributed by atoms with Crippen LogP contribution in [0.15, 0.2) is 58.3 Å². The van der Waals surface area contributed by atoms with Gasteiger partial charge in [-0.05, 0) is 43.0 Å². The van der Waals surface area contributed by atoms with Crippen LogP contribution in [0.5, 0.6) is 11.5 Å². The molecule has 1 N–H and O–H groups in total. The highest BCUT2D eigenvalue weighted by atomic mass is 19.1. The van der Waals surface area contributed by atoms with E-state index in [1.165, 1.54) is 6.07 Å². The first-order valence-corrected chi connectivity index (χ1v) is 10.5. The van der Waals surface area contributed by atoms with Crippen molar-refractivity contribution in [3.63, 3.8) is 0 Å². The number of aromatic nitrogens is 1. The van der Waals surface area contributed by atoms with Crippen LogP contribution in [0, 0.1) is 12.7 Å². The summed E-state index contributed by atoms with van der Waals surface area (Å²) in [4.78, 5) is 13.5. The van der Waals surface area contributed by atoms with Gasteiger partial charge in [-0.3, -0.25) is 4.79 Å². The van der Waals surface area contributed by atoms with Crippen molar-refractivity contribution in [2.24, 2.45) is 0 Å². The molecule has 1 aromatic heterocycles. The second kappa shape index (κ2) is 7.82. The Hall–Kier alpha value is -3.61. The molecule has 6 nitrogen and oxygen atoms in total. The number of ether oxygens (including phenoxy) is 2. The molecule has 0 bridgehead atoms. The molecule has 2 heterocycles. The number of hydrogen-bond acceptors (Lipinski definition) is 6. The van der Waals surface area contributed by atoms with Gasteiger partial charge in [-0.1, -0.05) is 29.4 Å². The van der Waals surface area contributed by atoms with Gasteiger partial charge in [-0.15, -0.1) is 0 Å². The van der Waals surface area contributed by atoms with E-state index in [4.69, 9.17) is 14.0 Å². The van der Waals surface area contributed by atoms with Crippen LogP contribution in [0.3, 0.4) is 0 Å². The number of rotatable bonds is 4. The number of anilines is 1. The topological polar surface area (TPSA) is 73.6 Å². The number of Topliss-reactive ketones (excluding diaryl/α,β-unsaturated/α-hetero) is 1. The summed E-state index contributed by atoms with van der Waals surface area (Å²) in [6, 6.07) is 12.3. The number of benzene rings is 2. The highest BCUT2D eigenvalue weighted by molar-refractivity contribution is 6.01. The van der Waals surface area contributed by atoms with Crippen LogP contribution in [0.25, 0.3) is 0 Å². The Balaban J connectivity index is 1.59. The minimum atomic E-state index is -0.549. The summed E-state index contributed by atoms with van der Waals surface area (Å²) >= 11 is 0. The first kappa shape index (κ1) is 20.3.